The summed E-state index contributed by atoms with van der Waals surface area (Å²) in [6, 6.07) is 12.4. The summed E-state index contributed by atoms with van der Waals surface area (Å²) >= 11 is 0. The smallest absolute Gasteiger partial charge is 0.310 e. The molecule has 0 spiro atoms. The summed E-state index contributed by atoms with van der Waals surface area (Å²) in [5.74, 6) is -0.532. The highest BCUT2D eigenvalue weighted by Gasteiger charge is 2.23. The molecule has 1 unspecified atom stereocenters. The van der Waals surface area contributed by atoms with Gasteiger partial charge in [-0.2, -0.15) is 0 Å². The van der Waals surface area contributed by atoms with Crippen LogP contribution < -0.4 is 0 Å². The first-order chi connectivity index (χ1) is 12.5. The molecule has 0 bridgehead atoms. The molecule has 0 aliphatic heterocycles. The molecule has 138 valence electrons. The standard InChI is InChI=1S/C20H23NO5/c1-15(20(24)25-2)13-21(14-17-9-6-12-26-17)19(23)11-10-18(22)16-7-4-3-5-8-16/h3-9,12,15H,10-11,13-14H2,1-2H3. The highest BCUT2D eigenvalue weighted by atomic mass is 16.5. The third-order valence-electron chi connectivity index (χ3n) is 4.04. The second-order valence-corrected chi connectivity index (χ2v) is 6.07. The van der Waals surface area contributed by atoms with Gasteiger partial charge < -0.3 is 14.1 Å². The van der Waals surface area contributed by atoms with Gasteiger partial charge in [0.2, 0.25) is 5.91 Å². The van der Waals surface area contributed by atoms with E-state index in [0.717, 1.165) is 0 Å². The molecule has 26 heavy (non-hydrogen) atoms. The summed E-state index contributed by atoms with van der Waals surface area (Å²) in [6.45, 7) is 2.14. The fourth-order valence-electron chi connectivity index (χ4n) is 2.60. The lowest BCUT2D eigenvalue weighted by molar-refractivity contribution is -0.146. The van der Waals surface area contributed by atoms with Crippen LogP contribution in [0.1, 0.15) is 35.9 Å². The van der Waals surface area contributed by atoms with Crippen LogP contribution in [0.25, 0.3) is 0 Å². The van der Waals surface area contributed by atoms with E-state index in [4.69, 9.17) is 9.15 Å². The van der Waals surface area contributed by atoms with Gasteiger partial charge in [0.05, 0.1) is 25.8 Å². The lowest BCUT2D eigenvalue weighted by Crippen LogP contribution is -2.36. The molecule has 0 saturated carbocycles. The van der Waals surface area contributed by atoms with Crippen molar-refractivity contribution >= 4 is 17.7 Å². The van der Waals surface area contributed by atoms with Crippen LogP contribution >= 0.6 is 0 Å². The normalized spacial score (nSPS) is 11.6. The first kappa shape index (κ1) is 19.4. The SMILES string of the molecule is COC(=O)C(C)CN(Cc1ccco1)C(=O)CCC(=O)c1ccccc1. The van der Waals surface area contributed by atoms with Crippen molar-refractivity contribution in [3.63, 3.8) is 0 Å². The number of nitrogens with zero attached hydrogens (tertiary/aromatic N) is 1. The van der Waals surface area contributed by atoms with Crippen molar-refractivity contribution in [1.29, 1.82) is 0 Å². The number of carbonyl (C=O) groups is 3. The highest BCUT2D eigenvalue weighted by molar-refractivity contribution is 5.97. The fraction of sp³-hybridized carbons (Fsp3) is 0.350. The van der Waals surface area contributed by atoms with E-state index in [-0.39, 0.29) is 43.6 Å². The second kappa shape index (κ2) is 9.56. The Morgan fingerprint density at radius 3 is 2.42 bits per heavy atom. The number of ether oxygens (including phenoxy) is 1. The minimum atomic E-state index is -0.469. The third-order valence-corrected chi connectivity index (χ3v) is 4.04. The quantitative estimate of drug-likeness (QED) is 0.509. The van der Waals surface area contributed by atoms with Crippen molar-refractivity contribution < 1.29 is 23.5 Å². The molecule has 1 heterocycles. The molecule has 1 atom stereocenters. The minimum absolute atomic E-state index is 0.0718. The van der Waals surface area contributed by atoms with Crippen LogP contribution in [0.5, 0.6) is 0 Å². The van der Waals surface area contributed by atoms with Crippen LogP contribution in [0.4, 0.5) is 0 Å². The van der Waals surface area contributed by atoms with Gasteiger partial charge in [-0.25, -0.2) is 0 Å². The maximum atomic E-state index is 12.6. The van der Waals surface area contributed by atoms with E-state index in [1.165, 1.54) is 18.3 Å². The molecule has 0 N–H and O–H groups in total. The predicted octanol–water partition coefficient (Wildman–Crippen LogP) is 3.08. The average Bonchev–Trinajstić information content (AvgIpc) is 3.18. The predicted molar refractivity (Wildman–Crippen MR) is 95.3 cm³/mol. The maximum Gasteiger partial charge on any atom is 0.310 e. The number of amides is 1. The Bertz CT molecular complexity index is 724. The molecular formula is C20H23NO5. The van der Waals surface area contributed by atoms with E-state index in [2.05, 4.69) is 0 Å². The molecule has 0 aliphatic rings. The lowest BCUT2D eigenvalue weighted by Gasteiger charge is -2.24. The number of rotatable bonds is 9. The van der Waals surface area contributed by atoms with Gasteiger partial charge in [0, 0.05) is 24.9 Å². The first-order valence-electron chi connectivity index (χ1n) is 8.47. The van der Waals surface area contributed by atoms with Crippen LogP contribution in [0, 0.1) is 5.92 Å². The highest BCUT2D eigenvalue weighted by Crippen LogP contribution is 2.13. The van der Waals surface area contributed by atoms with Crippen molar-refractivity contribution in [3.05, 3.63) is 60.1 Å². The van der Waals surface area contributed by atoms with Crippen molar-refractivity contribution in [2.24, 2.45) is 5.92 Å². The Kier molecular flexibility index (Phi) is 7.14. The monoisotopic (exact) mass is 357 g/mol. The number of hydrogen-bond donors (Lipinski definition) is 0. The fourth-order valence-corrected chi connectivity index (χ4v) is 2.60. The summed E-state index contributed by atoms with van der Waals surface area (Å²) in [7, 11) is 1.32. The van der Waals surface area contributed by atoms with Gasteiger partial charge in [-0.15, -0.1) is 0 Å². The summed E-state index contributed by atoms with van der Waals surface area (Å²) in [5.41, 5.74) is 0.584. The van der Waals surface area contributed by atoms with Gasteiger partial charge in [0.1, 0.15) is 5.76 Å². The Labute approximate surface area is 152 Å². The van der Waals surface area contributed by atoms with E-state index < -0.39 is 5.92 Å². The molecule has 6 heteroatoms. The van der Waals surface area contributed by atoms with E-state index in [1.54, 1.807) is 43.3 Å². The third kappa shape index (κ3) is 5.58. The zero-order chi connectivity index (χ0) is 18.9. The summed E-state index contributed by atoms with van der Waals surface area (Å²) in [6.07, 6.45) is 1.72. The molecule has 0 radical (unpaired) electrons. The van der Waals surface area contributed by atoms with Crippen molar-refractivity contribution in [1.82, 2.24) is 4.90 Å². The minimum Gasteiger partial charge on any atom is -0.469 e. The summed E-state index contributed by atoms with van der Waals surface area (Å²) in [5, 5.41) is 0. The topological polar surface area (TPSA) is 76.8 Å². The van der Waals surface area contributed by atoms with Gasteiger partial charge in [0.25, 0.3) is 0 Å². The molecule has 1 aromatic heterocycles. The zero-order valence-corrected chi connectivity index (χ0v) is 15.0. The van der Waals surface area contributed by atoms with Crippen molar-refractivity contribution in [3.8, 4) is 0 Å². The van der Waals surface area contributed by atoms with E-state index in [1.807, 2.05) is 6.07 Å². The van der Waals surface area contributed by atoms with Crippen LogP contribution in [0.2, 0.25) is 0 Å². The number of benzene rings is 1. The molecule has 0 saturated heterocycles. The van der Waals surface area contributed by atoms with Crippen LogP contribution in [0.3, 0.4) is 0 Å². The van der Waals surface area contributed by atoms with E-state index in [0.29, 0.717) is 11.3 Å². The van der Waals surface area contributed by atoms with Crippen molar-refractivity contribution in [2.45, 2.75) is 26.3 Å². The molecular weight excluding hydrogens is 334 g/mol. The maximum absolute atomic E-state index is 12.6. The summed E-state index contributed by atoms with van der Waals surface area (Å²) < 4.78 is 10.0. The summed E-state index contributed by atoms with van der Waals surface area (Å²) in [4.78, 5) is 38.0. The number of Topliss-reactive ketones (excluding diaryl/α,β-unsaturated/α-hetero) is 1. The number of carbonyl (C=O) groups excluding carboxylic acids is 3. The molecule has 0 aliphatic carbocycles. The first-order valence-corrected chi connectivity index (χ1v) is 8.47. The van der Waals surface area contributed by atoms with E-state index in [9.17, 15) is 14.4 Å². The Morgan fingerprint density at radius 1 is 1.08 bits per heavy atom. The molecule has 2 rings (SSSR count). The largest absolute Gasteiger partial charge is 0.469 e. The van der Waals surface area contributed by atoms with Crippen LogP contribution in [-0.2, 0) is 20.9 Å². The lowest BCUT2D eigenvalue weighted by atomic mass is 10.1. The zero-order valence-electron chi connectivity index (χ0n) is 15.0. The van der Waals surface area contributed by atoms with Crippen LogP contribution in [0.15, 0.2) is 53.1 Å². The Hall–Kier alpha value is -2.89. The molecule has 1 amide bonds. The van der Waals surface area contributed by atoms with Gasteiger partial charge in [-0.3, -0.25) is 14.4 Å². The molecule has 1 aromatic carbocycles. The van der Waals surface area contributed by atoms with Gasteiger partial charge in [-0.05, 0) is 12.1 Å². The number of ketones is 1. The second-order valence-electron chi connectivity index (χ2n) is 6.07. The van der Waals surface area contributed by atoms with Crippen LogP contribution in [-0.4, -0.2) is 36.2 Å². The van der Waals surface area contributed by atoms with Gasteiger partial charge in [-0.1, -0.05) is 37.3 Å². The van der Waals surface area contributed by atoms with Gasteiger partial charge >= 0.3 is 5.97 Å². The number of hydrogen-bond acceptors (Lipinski definition) is 5. The number of methoxy groups -OCH3 is 1. The Balaban J connectivity index is 1.99. The van der Waals surface area contributed by atoms with E-state index >= 15 is 0 Å². The molecule has 2 aromatic rings. The Morgan fingerprint density at radius 2 is 1.81 bits per heavy atom. The number of esters is 1. The average molecular weight is 357 g/mol. The van der Waals surface area contributed by atoms with Crippen molar-refractivity contribution in [2.75, 3.05) is 13.7 Å². The molecule has 6 nitrogen and oxygen atoms in total. The molecule has 0 fully saturated rings. The van der Waals surface area contributed by atoms with Gasteiger partial charge in [0.15, 0.2) is 5.78 Å². The number of furan rings is 1.